The van der Waals surface area contributed by atoms with Crippen LogP contribution in [0.3, 0.4) is 0 Å². The maximum Gasteiger partial charge on any atom is 0.277 e. The number of aromatic nitrogens is 4. The van der Waals surface area contributed by atoms with Crippen LogP contribution in [0.4, 0.5) is 0 Å². The van der Waals surface area contributed by atoms with Gasteiger partial charge in [-0.05, 0) is 38.0 Å². The van der Waals surface area contributed by atoms with E-state index < -0.39 is 5.56 Å². The minimum Gasteiger partial charge on any atom is -0.487 e. The van der Waals surface area contributed by atoms with Crippen molar-refractivity contribution in [2.45, 2.75) is 53.6 Å². The van der Waals surface area contributed by atoms with Crippen molar-refractivity contribution < 1.29 is 4.74 Å². The van der Waals surface area contributed by atoms with Crippen molar-refractivity contribution >= 4 is 23.2 Å². The van der Waals surface area contributed by atoms with Gasteiger partial charge in [0, 0.05) is 29.6 Å². The lowest BCUT2D eigenvalue weighted by molar-refractivity contribution is 0.305. The monoisotopic (exact) mass is 522 g/mol. The summed E-state index contributed by atoms with van der Waals surface area (Å²) in [4.78, 5) is 27.1. The molecule has 6 nitrogen and oxygen atoms in total. The van der Waals surface area contributed by atoms with Crippen LogP contribution in [0.5, 0.6) is 5.75 Å². The van der Waals surface area contributed by atoms with Gasteiger partial charge in [0.15, 0.2) is 0 Å². The van der Waals surface area contributed by atoms with E-state index in [0.717, 1.165) is 16.7 Å². The first-order chi connectivity index (χ1) is 17.0. The third-order valence-corrected chi connectivity index (χ3v) is 6.38. The molecular weight excluding hydrogens is 495 g/mol. The molecule has 4 aromatic rings. The van der Waals surface area contributed by atoms with Gasteiger partial charge in [-0.15, -0.1) is 0 Å². The van der Waals surface area contributed by atoms with Crippen molar-refractivity contribution in [1.82, 2.24) is 19.5 Å². The van der Waals surface area contributed by atoms with Gasteiger partial charge in [0.2, 0.25) is 0 Å². The van der Waals surface area contributed by atoms with E-state index in [1.807, 2.05) is 38.1 Å². The van der Waals surface area contributed by atoms with Gasteiger partial charge in [-0.3, -0.25) is 14.3 Å². The van der Waals surface area contributed by atoms with Crippen molar-refractivity contribution in [3.8, 4) is 22.8 Å². The van der Waals surface area contributed by atoms with Gasteiger partial charge in [-0.25, -0.2) is 9.97 Å². The van der Waals surface area contributed by atoms with Gasteiger partial charge < -0.3 is 4.74 Å². The topological polar surface area (TPSA) is 69.9 Å². The van der Waals surface area contributed by atoms with Crippen LogP contribution in [0.15, 0.2) is 53.6 Å². The molecule has 186 valence electrons. The van der Waals surface area contributed by atoms with Crippen LogP contribution < -0.4 is 10.3 Å². The number of aryl methyl sites for hydroxylation is 3. The van der Waals surface area contributed by atoms with E-state index in [-0.39, 0.29) is 10.4 Å². The number of benzene rings is 1. The summed E-state index contributed by atoms with van der Waals surface area (Å²) in [5.74, 6) is 1.02. The first-order valence-corrected chi connectivity index (χ1v) is 12.3. The van der Waals surface area contributed by atoms with Crippen LogP contribution >= 0.6 is 23.2 Å². The molecule has 0 bridgehead atoms. The van der Waals surface area contributed by atoms with E-state index in [1.165, 1.54) is 10.8 Å². The first-order valence-electron chi connectivity index (χ1n) is 11.6. The van der Waals surface area contributed by atoms with Crippen molar-refractivity contribution in [2.24, 2.45) is 0 Å². The molecule has 0 aliphatic rings. The summed E-state index contributed by atoms with van der Waals surface area (Å²) >= 11 is 13.0. The second-order valence-electron chi connectivity index (χ2n) is 9.88. The van der Waals surface area contributed by atoms with Crippen LogP contribution in [-0.4, -0.2) is 19.5 Å². The molecule has 0 atom stereocenters. The smallest absolute Gasteiger partial charge is 0.277 e. The molecule has 0 unspecified atom stereocenters. The molecule has 1 aromatic carbocycles. The maximum atomic E-state index is 13.4. The summed E-state index contributed by atoms with van der Waals surface area (Å²) < 4.78 is 7.38. The van der Waals surface area contributed by atoms with Gasteiger partial charge >= 0.3 is 0 Å². The first kappa shape index (κ1) is 25.9. The predicted molar refractivity (Wildman–Crippen MR) is 145 cm³/mol. The maximum absolute atomic E-state index is 13.4. The minimum atomic E-state index is -0.426. The lowest BCUT2D eigenvalue weighted by atomic mass is 9.95. The lowest BCUT2D eigenvalue weighted by Gasteiger charge is -2.19. The zero-order chi connectivity index (χ0) is 26.2. The minimum absolute atomic E-state index is 0.0177. The number of hydrogen-bond acceptors (Lipinski definition) is 5. The quantitative estimate of drug-likeness (QED) is 0.288. The normalized spacial score (nSPS) is 11.6. The van der Waals surface area contributed by atoms with Gasteiger partial charge in [0.25, 0.3) is 5.56 Å². The summed E-state index contributed by atoms with van der Waals surface area (Å²) in [5.41, 5.74) is 4.69. The number of rotatable bonds is 5. The van der Waals surface area contributed by atoms with Crippen molar-refractivity contribution in [3.63, 3.8) is 0 Å². The molecular formula is C28H28Cl2N4O2. The Morgan fingerprint density at radius 2 is 1.75 bits per heavy atom. The van der Waals surface area contributed by atoms with E-state index in [0.29, 0.717) is 46.0 Å². The third-order valence-electron chi connectivity index (χ3n) is 5.74. The highest BCUT2D eigenvalue weighted by Crippen LogP contribution is 2.30. The summed E-state index contributed by atoms with van der Waals surface area (Å²) in [7, 11) is 0. The molecule has 3 aromatic heterocycles. The van der Waals surface area contributed by atoms with Crippen LogP contribution in [0.1, 0.15) is 49.0 Å². The fraction of sp³-hybridized carbons (Fsp3) is 0.286. The summed E-state index contributed by atoms with van der Waals surface area (Å²) in [6.45, 7) is 12.2. The van der Waals surface area contributed by atoms with Crippen LogP contribution in [0.25, 0.3) is 17.1 Å². The summed E-state index contributed by atoms with van der Waals surface area (Å²) in [6, 6.07) is 11.5. The molecule has 0 saturated heterocycles. The number of halogens is 2. The largest absolute Gasteiger partial charge is 0.487 e. The Morgan fingerprint density at radius 1 is 1.00 bits per heavy atom. The molecule has 0 aliphatic heterocycles. The molecule has 0 N–H and O–H groups in total. The molecule has 3 heterocycles. The Bertz CT molecular complexity index is 1510. The number of nitrogens with zero attached hydrogens (tertiary/aromatic N) is 4. The predicted octanol–water partition coefficient (Wildman–Crippen LogP) is 6.80. The second kappa shape index (κ2) is 10.0. The molecule has 0 saturated carbocycles. The molecule has 36 heavy (non-hydrogen) atoms. The van der Waals surface area contributed by atoms with Gasteiger partial charge in [-0.2, -0.15) is 0 Å². The van der Waals surface area contributed by atoms with E-state index >= 15 is 0 Å². The Morgan fingerprint density at radius 3 is 2.44 bits per heavy atom. The average Bonchev–Trinajstić information content (AvgIpc) is 2.81. The Balaban J connectivity index is 1.75. The zero-order valence-corrected chi connectivity index (χ0v) is 22.7. The van der Waals surface area contributed by atoms with Gasteiger partial charge in [-0.1, -0.05) is 73.8 Å². The SMILES string of the molecule is Cc1cccc(COc2cc(C)n(-c3cc(-c4nc(C(C)(C)C)ncc4C)ncc3Cl)c(=O)c2Cl)c1. The molecule has 0 amide bonds. The fourth-order valence-corrected chi connectivity index (χ4v) is 4.22. The summed E-state index contributed by atoms with van der Waals surface area (Å²) in [5, 5.41) is 0.298. The van der Waals surface area contributed by atoms with Crippen LogP contribution in [-0.2, 0) is 12.0 Å². The van der Waals surface area contributed by atoms with E-state index in [4.69, 9.17) is 32.9 Å². The summed E-state index contributed by atoms with van der Waals surface area (Å²) in [6.07, 6.45) is 3.31. The van der Waals surface area contributed by atoms with Crippen molar-refractivity contribution in [1.29, 1.82) is 0 Å². The number of ether oxygens (including phenoxy) is 1. The second-order valence-corrected chi connectivity index (χ2v) is 10.7. The van der Waals surface area contributed by atoms with E-state index in [9.17, 15) is 4.79 Å². The molecule has 0 fully saturated rings. The third kappa shape index (κ3) is 5.30. The molecule has 4 rings (SSSR count). The van der Waals surface area contributed by atoms with Crippen molar-refractivity contribution in [2.75, 3.05) is 0 Å². The Kier molecular flexibility index (Phi) is 7.21. The molecule has 0 spiro atoms. The average molecular weight is 523 g/mol. The van der Waals surface area contributed by atoms with E-state index in [2.05, 4.69) is 30.7 Å². The highest BCUT2D eigenvalue weighted by molar-refractivity contribution is 6.33. The van der Waals surface area contributed by atoms with Crippen LogP contribution in [0, 0.1) is 20.8 Å². The Hall–Kier alpha value is -3.22. The Labute approximate surface area is 220 Å². The highest BCUT2D eigenvalue weighted by atomic mass is 35.5. The van der Waals surface area contributed by atoms with E-state index in [1.54, 1.807) is 25.3 Å². The van der Waals surface area contributed by atoms with Gasteiger partial charge in [0.05, 0.1) is 22.1 Å². The van der Waals surface area contributed by atoms with Crippen LogP contribution in [0.2, 0.25) is 10.0 Å². The molecule has 8 heteroatoms. The lowest BCUT2D eigenvalue weighted by Crippen LogP contribution is -2.22. The van der Waals surface area contributed by atoms with Crippen molar-refractivity contribution in [3.05, 3.63) is 97.4 Å². The highest BCUT2D eigenvalue weighted by Gasteiger charge is 2.21. The fourth-order valence-electron chi connectivity index (χ4n) is 3.84. The molecule has 0 radical (unpaired) electrons. The zero-order valence-electron chi connectivity index (χ0n) is 21.2. The van der Waals surface area contributed by atoms with Gasteiger partial charge in [0.1, 0.15) is 23.2 Å². The standard InChI is InChI=1S/C28H28Cl2N4O2/c1-16-8-7-9-19(10-16)15-36-23-11-18(3)34(26(35)24(23)30)22-12-21(31-14-20(22)29)25-17(2)13-32-27(33-25)28(4,5)6/h7-14H,15H2,1-6H3. The number of hydrogen-bond donors (Lipinski definition) is 0. The number of pyridine rings is 2. The molecule has 0 aliphatic carbocycles.